The van der Waals surface area contributed by atoms with Gasteiger partial charge in [0.2, 0.25) is 6.79 Å². The number of nitrogens with one attached hydrogen (secondary N) is 1. The summed E-state index contributed by atoms with van der Waals surface area (Å²) in [6.45, 7) is 4.12. The number of benzene rings is 2. The minimum Gasteiger partial charge on any atom is -0.462 e. The lowest BCUT2D eigenvalue weighted by Crippen LogP contribution is -2.34. The first-order valence-corrected chi connectivity index (χ1v) is 11.4. The molecule has 10 heteroatoms. The summed E-state index contributed by atoms with van der Waals surface area (Å²) in [6.07, 6.45) is 1.35. The van der Waals surface area contributed by atoms with E-state index in [0.717, 1.165) is 15.9 Å². The molecule has 10 nitrogen and oxygen atoms in total. The van der Waals surface area contributed by atoms with E-state index in [1.165, 1.54) is 6.33 Å². The molecule has 184 valence electrons. The average Bonchev–Trinajstić information content (AvgIpc) is 3.35. The van der Waals surface area contributed by atoms with Crippen molar-refractivity contribution in [1.29, 1.82) is 0 Å². The number of hydrogen-bond donors (Lipinski definition) is 1. The Kier molecular flexibility index (Phi) is 6.40. The minimum atomic E-state index is -0.766. The molecule has 0 saturated heterocycles. The molecular weight excluding hydrogens is 464 g/mol. The van der Waals surface area contributed by atoms with E-state index in [2.05, 4.69) is 15.3 Å². The van der Waals surface area contributed by atoms with Crippen LogP contribution in [0.25, 0.3) is 11.0 Å². The first kappa shape index (κ1) is 23.2. The molecule has 2 aromatic heterocycles. The summed E-state index contributed by atoms with van der Waals surface area (Å²) in [5.74, 6) is 0.533. The van der Waals surface area contributed by atoms with Crippen LogP contribution in [-0.4, -0.2) is 34.1 Å². The summed E-state index contributed by atoms with van der Waals surface area (Å²) < 4.78 is 17.1. The zero-order chi connectivity index (χ0) is 25.1. The molecule has 3 heterocycles. The van der Waals surface area contributed by atoms with E-state index >= 15 is 0 Å². The number of carbonyl (C=O) groups is 1. The highest BCUT2D eigenvalue weighted by Crippen LogP contribution is 2.33. The monoisotopic (exact) mass is 488 g/mol. The van der Waals surface area contributed by atoms with Crippen molar-refractivity contribution in [2.75, 3.05) is 18.7 Å². The SMILES string of the molecule is CCOC(=O)c1c(NCc2ccc3c(c2)OCO3)c2c(C)ncnc2n(OCc2ccccc2)c1=O. The lowest BCUT2D eigenvalue weighted by molar-refractivity contribution is 0.0513. The lowest BCUT2D eigenvalue weighted by Gasteiger charge is -2.18. The maximum absolute atomic E-state index is 13.6. The molecule has 0 fully saturated rings. The van der Waals surface area contributed by atoms with Crippen LogP contribution in [0.3, 0.4) is 0 Å². The molecule has 1 aliphatic heterocycles. The average molecular weight is 489 g/mol. The molecular formula is C26H24N4O6. The van der Waals surface area contributed by atoms with Gasteiger partial charge in [-0.1, -0.05) is 36.4 Å². The third kappa shape index (κ3) is 4.40. The third-order valence-corrected chi connectivity index (χ3v) is 5.70. The van der Waals surface area contributed by atoms with Gasteiger partial charge in [-0.15, -0.1) is 4.73 Å². The van der Waals surface area contributed by atoms with Gasteiger partial charge in [-0.2, -0.15) is 0 Å². The molecule has 0 radical (unpaired) electrons. The highest BCUT2D eigenvalue weighted by molar-refractivity contribution is 6.04. The van der Waals surface area contributed by atoms with Crippen LogP contribution in [0.5, 0.6) is 11.5 Å². The number of pyridine rings is 1. The number of esters is 1. The molecule has 1 aliphatic rings. The van der Waals surface area contributed by atoms with E-state index in [1.54, 1.807) is 13.8 Å². The van der Waals surface area contributed by atoms with Crippen LogP contribution in [0.2, 0.25) is 0 Å². The van der Waals surface area contributed by atoms with E-state index in [4.69, 9.17) is 19.0 Å². The molecule has 36 heavy (non-hydrogen) atoms. The number of rotatable bonds is 8. The minimum absolute atomic E-state index is 0.102. The Balaban J connectivity index is 1.60. The third-order valence-electron chi connectivity index (χ3n) is 5.70. The molecule has 0 atom stereocenters. The molecule has 4 aromatic rings. The molecule has 0 amide bonds. The summed E-state index contributed by atoms with van der Waals surface area (Å²) in [5.41, 5.74) is 1.94. The van der Waals surface area contributed by atoms with Crippen LogP contribution < -0.4 is 25.2 Å². The normalized spacial score (nSPS) is 11.9. The second-order valence-electron chi connectivity index (χ2n) is 8.03. The van der Waals surface area contributed by atoms with Gasteiger partial charge in [-0.25, -0.2) is 14.8 Å². The molecule has 2 aromatic carbocycles. The number of hydrogen-bond acceptors (Lipinski definition) is 9. The fraction of sp³-hybridized carbons (Fsp3) is 0.231. The standard InChI is InChI=1S/C26H24N4O6/c1-3-33-26(32)22-23(27-12-18-9-10-19-20(11-18)35-15-34-19)21-16(2)28-14-29-24(21)30(25(22)31)36-13-17-7-5-4-6-8-17/h4-11,14,27H,3,12-13,15H2,1-2H3. The molecule has 0 aliphatic carbocycles. The van der Waals surface area contributed by atoms with Crippen LogP contribution in [0.4, 0.5) is 5.69 Å². The van der Waals surface area contributed by atoms with E-state index in [-0.39, 0.29) is 36.9 Å². The maximum Gasteiger partial charge on any atom is 0.346 e. The predicted octanol–water partition coefficient (Wildman–Crippen LogP) is 3.25. The second kappa shape index (κ2) is 9.95. The first-order valence-electron chi connectivity index (χ1n) is 11.4. The van der Waals surface area contributed by atoms with Crippen LogP contribution in [0.1, 0.15) is 34.1 Å². The van der Waals surface area contributed by atoms with E-state index < -0.39 is 11.5 Å². The van der Waals surface area contributed by atoms with Crippen molar-refractivity contribution in [3.05, 3.63) is 87.6 Å². The Labute approximate surface area is 206 Å². The van der Waals surface area contributed by atoms with Gasteiger partial charge < -0.3 is 24.4 Å². The molecule has 1 N–H and O–H groups in total. The first-order chi connectivity index (χ1) is 17.6. The Bertz CT molecular complexity index is 1490. The predicted molar refractivity (Wildman–Crippen MR) is 131 cm³/mol. The van der Waals surface area contributed by atoms with Crippen molar-refractivity contribution in [3.63, 3.8) is 0 Å². The van der Waals surface area contributed by atoms with Crippen molar-refractivity contribution < 1.29 is 23.8 Å². The highest BCUT2D eigenvalue weighted by Gasteiger charge is 2.26. The lowest BCUT2D eigenvalue weighted by atomic mass is 10.1. The van der Waals surface area contributed by atoms with Gasteiger partial charge in [0.25, 0.3) is 0 Å². The van der Waals surface area contributed by atoms with Crippen LogP contribution in [-0.2, 0) is 17.9 Å². The number of aromatic nitrogens is 3. The molecule has 5 rings (SSSR count). The van der Waals surface area contributed by atoms with Gasteiger partial charge >= 0.3 is 11.5 Å². The molecule has 0 bridgehead atoms. The van der Waals surface area contributed by atoms with Gasteiger partial charge in [-0.05, 0) is 37.1 Å². The summed E-state index contributed by atoms with van der Waals surface area (Å²) in [5, 5.41) is 3.72. The largest absolute Gasteiger partial charge is 0.462 e. The number of fused-ring (bicyclic) bond motifs is 2. The van der Waals surface area contributed by atoms with Crippen LogP contribution >= 0.6 is 0 Å². The number of ether oxygens (including phenoxy) is 3. The Morgan fingerprint density at radius 2 is 1.89 bits per heavy atom. The number of nitrogens with zero attached hydrogens (tertiary/aromatic N) is 3. The van der Waals surface area contributed by atoms with Crippen molar-refractivity contribution >= 4 is 22.7 Å². The summed E-state index contributed by atoms with van der Waals surface area (Å²) in [6, 6.07) is 14.9. The smallest absolute Gasteiger partial charge is 0.346 e. The summed E-state index contributed by atoms with van der Waals surface area (Å²) >= 11 is 0. The zero-order valence-corrected chi connectivity index (χ0v) is 19.8. The van der Waals surface area contributed by atoms with Crippen molar-refractivity contribution in [3.8, 4) is 11.5 Å². The van der Waals surface area contributed by atoms with Gasteiger partial charge in [-0.3, -0.25) is 4.79 Å². The maximum atomic E-state index is 13.6. The second-order valence-corrected chi connectivity index (χ2v) is 8.03. The van der Waals surface area contributed by atoms with Crippen molar-refractivity contribution in [2.45, 2.75) is 27.0 Å². The van der Waals surface area contributed by atoms with Gasteiger partial charge in [0, 0.05) is 6.54 Å². The van der Waals surface area contributed by atoms with E-state index in [9.17, 15) is 9.59 Å². The number of carbonyl (C=O) groups excluding carboxylic acids is 1. The van der Waals surface area contributed by atoms with Crippen molar-refractivity contribution in [1.82, 2.24) is 14.7 Å². The highest BCUT2D eigenvalue weighted by atomic mass is 16.7. The van der Waals surface area contributed by atoms with E-state index in [0.29, 0.717) is 29.1 Å². The molecule has 0 unspecified atom stereocenters. The summed E-state index contributed by atoms with van der Waals surface area (Å²) in [4.78, 5) is 41.1. The summed E-state index contributed by atoms with van der Waals surface area (Å²) in [7, 11) is 0. The Hall–Kier alpha value is -4.60. The number of anilines is 1. The fourth-order valence-corrected chi connectivity index (χ4v) is 3.98. The zero-order valence-electron chi connectivity index (χ0n) is 19.8. The number of aryl methyl sites for hydroxylation is 1. The van der Waals surface area contributed by atoms with E-state index in [1.807, 2.05) is 48.5 Å². The van der Waals surface area contributed by atoms with Gasteiger partial charge in [0.1, 0.15) is 12.9 Å². The Morgan fingerprint density at radius 3 is 2.69 bits per heavy atom. The molecule has 0 saturated carbocycles. The van der Waals surface area contributed by atoms with Crippen LogP contribution in [0, 0.1) is 6.92 Å². The van der Waals surface area contributed by atoms with Crippen LogP contribution in [0.15, 0.2) is 59.7 Å². The molecule has 0 spiro atoms. The van der Waals surface area contributed by atoms with Gasteiger partial charge in [0.05, 0.1) is 23.4 Å². The fourth-order valence-electron chi connectivity index (χ4n) is 3.98. The Morgan fingerprint density at radius 1 is 1.08 bits per heavy atom. The van der Waals surface area contributed by atoms with Gasteiger partial charge in [0.15, 0.2) is 22.7 Å². The quantitative estimate of drug-likeness (QED) is 0.373. The topological polar surface area (TPSA) is 114 Å². The van der Waals surface area contributed by atoms with Crippen molar-refractivity contribution in [2.24, 2.45) is 0 Å².